The molecule has 1 aliphatic heterocycles. The van der Waals surface area contributed by atoms with Crippen molar-refractivity contribution in [2.24, 2.45) is 15.4 Å². The molecule has 3 heteroatoms. The molecule has 1 aromatic heterocycles. The molecule has 0 spiro atoms. The van der Waals surface area contributed by atoms with Crippen LogP contribution in [0.3, 0.4) is 0 Å². The Morgan fingerprint density at radius 2 is 2.22 bits per heavy atom. The summed E-state index contributed by atoms with van der Waals surface area (Å²) in [5, 5.41) is 0. The highest BCUT2D eigenvalue weighted by atomic mass is 14.9. The van der Waals surface area contributed by atoms with Crippen LogP contribution in [0.4, 0.5) is 0 Å². The number of aromatic nitrogens is 1. The van der Waals surface area contributed by atoms with Crippen molar-refractivity contribution in [3.63, 3.8) is 0 Å². The van der Waals surface area contributed by atoms with E-state index in [-0.39, 0.29) is 5.41 Å². The maximum atomic E-state index is 4.67. The molecule has 2 atom stereocenters. The largest absolute Gasteiger partial charge is 0.365 e. The Bertz CT molecular complexity index is 435. The first-order valence-electron chi connectivity index (χ1n) is 6.68. The molecule has 0 bridgehead atoms. The van der Waals surface area contributed by atoms with E-state index in [1.807, 2.05) is 18.5 Å². The number of aromatic amines is 1. The minimum Gasteiger partial charge on any atom is -0.365 e. The fraction of sp³-hybridized carbons (Fsp3) is 0.600. The Morgan fingerprint density at radius 1 is 1.44 bits per heavy atom. The van der Waals surface area contributed by atoms with Crippen LogP contribution in [0, 0.1) is 5.41 Å². The molecule has 0 amide bonds. The molecule has 18 heavy (non-hydrogen) atoms. The zero-order valence-corrected chi connectivity index (χ0v) is 11.8. The third-order valence-electron chi connectivity index (χ3n) is 3.43. The summed E-state index contributed by atoms with van der Waals surface area (Å²) >= 11 is 0. The molecule has 0 saturated carbocycles. The van der Waals surface area contributed by atoms with Gasteiger partial charge in [0.15, 0.2) is 0 Å². The molecule has 0 radical (unpaired) electrons. The molecule has 1 aromatic rings. The van der Waals surface area contributed by atoms with Gasteiger partial charge in [0.05, 0.1) is 18.3 Å². The highest BCUT2D eigenvalue weighted by molar-refractivity contribution is 6.33. The van der Waals surface area contributed by atoms with Crippen LogP contribution in [0.1, 0.15) is 45.7 Å². The number of hydrogen-bond acceptors (Lipinski definition) is 2. The van der Waals surface area contributed by atoms with Gasteiger partial charge >= 0.3 is 0 Å². The highest BCUT2D eigenvalue weighted by Gasteiger charge is 2.22. The van der Waals surface area contributed by atoms with Crippen LogP contribution < -0.4 is 0 Å². The first-order valence-corrected chi connectivity index (χ1v) is 6.68. The minimum atomic E-state index is 0.111. The lowest BCUT2D eigenvalue weighted by molar-refractivity contribution is 0.540. The van der Waals surface area contributed by atoms with Gasteiger partial charge in [-0.15, -0.1) is 0 Å². The molecular formula is C15H23N3. The summed E-state index contributed by atoms with van der Waals surface area (Å²) < 4.78 is 0. The monoisotopic (exact) mass is 245 g/mol. The molecule has 98 valence electrons. The molecular weight excluding hydrogens is 222 g/mol. The Morgan fingerprint density at radius 3 is 2.72 bits per heavy atom. The molecule has 0 fully saturated rings. The van der Waals surface area contributed by atoms with Gasteiger partial charge < -0.3 is 4.98 Å². The molecule has 2 unspecified atom stereocenters. The molecule has 0 aromatic carbocycles. The van der Waals surface area contributed by atoms with E-state index in [4.69, 9.17) is 0 Å². The van der Waals surface area contributed by atoms with Crippen molar-refractivity contribution in [3.05, 3.63) is 24.0 Å². The smallest absolute Gasteiger partial charge is 0.0701 e. The average Bonchev–Trinajstić information content (AvgIpc) is 2.82. The molecule has 3 nitrogen and oxygen atoms in total. The highest BCUT2D eigenvalue weighted by Crippen LogP contribution is 2.23. The maximum Gasteiger partial charge on any atom is 0.0701 e. The zero-order chi connectivity index (χ0) is 13.2. The van der Waals surface area contributed by atoms with E-state index in [0.717, 1.165) is 18.7 Å². The van der Waals surface area contributed by atoms with E-state index < -0.39 is 0 Å². The van der Waals surface area contributed by atoms with Crippen LogP contribution in [0.2, 0.25) is 0 Å². The number of nitrogens with zero attached hydrogens (tertiary/aromatic N) is 2. The van der Waals surface area contributed by atoms with Gasteiger partial charge in [0.1, 0.15) is 0 Å². The Labute approximate surface area is 109 Å². The van der Waals surface area contributed by atoms with Crippen LogP contribution in [0.25, 0.3) is 0 Å². The van der Waals surface area contributed by atoms with Gasteiger partial charge in [-0.1, -0.05) is 27.7 Å². The summed E-state index contributed by atoms with van der Waals surface area (Å²) in [6.07, 6.45) is 5.00. The third-order valence-corrected chi connectivity index (χ3v) is 3.43. The van der Waals surface area contributed by atoms with Crippen LogP contribution in [0.15, 0.2) is 28.3 Å². The van der Waals surface area contributed by atoms with Crippen molar-refractivity contribution in [3.8, 4) is 0 Å². The summed E-state index contributed by atoms with van der Waals surface area (Å²) in [5.74, 6) is 0.508. The van der Waals surface area contributed by atoms with Gasteiger partial charge in [-0.2, -0.15) is 0 Å². The minimum absolute atomic E-state index is 0.111. The van der Waals surface area contributed by atoms with Gasteiger partial charge in [-0.3, -0.25) is 9.98 Å². The Hall–Kier alpha value is -1.38. The van der Waals surface area contributed by atoms with E-state index in [0.29, 0.717) is 12.0 Å². The molecule has 2 rings (SSSR count). The second-order valence-corrected chi connectivity index (χ2v) is 6.17. The molecule has 2 heterocycles. The number of H-pyrrole nitrogens is 1. The van der Waals surface area contributed by atoms with E-state index >= 15 is 0 Å². The summed E-state index contributed by atoms with van der Waals surface area (Å²) in [6.45, 7) is 9.61. The van der Waals surface area contributed by atoms with Gasteiger partial charge in [-0.05, 0) is 24.5 Å². The van der Waals surface area contributed by atoms with E-state index in [9.17, 15) is 0 Å². The molecule has 1 aliphatic rings. The summed E-state index contributed by atoms with van der Waals surface area (Å²) in [7, 11) is 0. The summed E-state index contributed by atoms with van der Waals surface area (Å²) in [6, 6.07) is 4.52. The van der Waals surface area contributed by atoms with Gasteiger partial charge in [0.25, 0.3) is 0 Å². The number of nitrogens with one attached hydrogen (secondary N) is 1. The Kier molecular flexibility index (Phi) is 3.69. The molecule has 0 aliphatic carbocycles. The normalized spacial score (nSPS) is 21.8. The molecule has 0 saturated heterocycles. The lowest BCUT2D eigenvalue weighted by Gasteiger charge is -2.24. The lowest BCUT2D eigenvalue weighted by Crippen LogP contribution is -2.28. The van der Waals surface area contributed by atoms with Gasteiger partial charge in [0, 0.05) is 23.5 Å². The second-order valence-electron chi connectivity index (χ2n) is 6.17. The van der Waals surface area contributed by atoms with Crippen molar-refractivity contribution in [1.82, 2.24) is 4.98 Å². The fourth-order valence-corrected chi connectivity index (χ4v) is 2.22. The summed E-state index contributed by atoms with van der Waals surface area (Å²) in [4.78, 5) is 12.6. The average molecular weight is 245 g/mol. The SMILES string of the molecule is CC(CC1CN=C(C(C)(C)C)C=N1)c1ccc[nH]1. The first kappa shape index (κ1) is 13.1. The third kappa shape index (κ3) is 3.09. The van der Waals surface area contributed by atoms with Crippen molar-refractivity contribution in [1.29, 1.82) is 0 Å². The van der Waals surface area contributed by atoms with Crippen LogP contribution in [-0.2, 0) is 0 Å². The van der Waals surface area contributed by atoms with Crippen molar-refractivity contribution in [2.45, 2.75) is 46.1 Å². The molecule has 1 N–H and O–H groups in total. The van der Waals surface area contributed by atoms with Gasteiger partial charge in [0.2, 0.25) is 0 Å². The fourth-order valence-electron chi connectivity index (χ4n) is 2.22. The van der Waals surface area contributed by atoms with Crippen molar-refractivity contribution < 1.29 is 0 Å². The zero-order valence-electron chi connectivity index (χ0n) is 11.8. The van der Waals surface area contributed by atoms with Crippen molar-refractivity contribution >= 4 is 11.9 Å². The predicted molar refractivity (Wildman–Crippen MR) is 77.9 cm³/mol. The van der Waals surface area contributed by atoms with E-state index in [1.165, 1.54) is 5.69 Å². The van der Waals surface area contributed by atoms with Crippen LogP contribution in [0.5, 0.6) is 0 Å². The number of aliphatic imine (C=N–C) groups is 2. The maximum absolute atomic E-state index is 4.67. The van der Waals surface area contributed by atoms with Crippen LogP contribution >= 0.6 is 0 Å². The topological polar surface area (TPSA) is 40.5 Å². The predicted octanol–water partition coefficient (Wildman–Crippen LogP) is 3.45. The van der Waals surface area contributed by atoms with E-state index in [2.05, 4.69) is 48.7 Å². The van der Waals surface area contributed by atoms with Crippen LogP contribution in [-0.4, -0.2) is 29.5 Å². The number of hydrogen-bond donors (Lipinski definition) is 1. The standard InChI is InChI=1S/C15H23N3/c1-11(13-6-5-7-16-13)8-12-9-18-14(10-17-12)15(2,3)4/h5-7,10-12,16H,8-9H2,1-4H3. The Balaban J connectivity index is 1.92. The lowest BCUT2D eigenvalue weighted by atomic mass is 9.89. The number of rotatable bonds is 3. The second kappa shape index (κ2) is 5.09. The van der Waals surface area contributed by atoms with Crippen molar-refractivity contribution in [2.75, 3.05) is 6.54 Å². The van der Waals surface area contributed by atoms with E-state index in [1.54, 1.807) is 0 Å². The van der Waals surface area contributed by atoms with Gasteiger partial charge in [-0.25, -0.2) is 0 Å². The first-order chi connectivity index (χ1) is 8.47. The quantitative estimate of drug-likeness (QED) is 0.847. The summed E-state index contributed by atoms with van der Waals surface area (Å²) in [5.41, 5.74) is 2.52.